The molecule has 38 heavy (non-hydrogen) atoms. The third kappa shape index (κ3) is 5.60. The van der Waals surface area contributed by atoms with Crippen molar-refractivity contribution in [1.82, 2.24) is 9.80 Å². The summed E-state index contributed by atoms with van der Waals surface area (Å²) in [5.41, 5.74) is 10.3. The van der Waals surface area contributed by atoms with Gasteiger partial charge in [-0.3, -0.25) is 14.4 Å². The molecule has 2 aromatic carbocycles. The summed E-state index contributed by atoms with van der Waals surface area (Å²) in [7, 11) is 0. The molecule has 3 amide bonds. The van der Waals surface area contributed by atoms with E-state index >= 15 is 0 Å². The molecule has 0 bridgehead atoms. The average molecular weight is 523 g/mol. The lowest BCUT2D eigenvalue weighted by atomic mass is 9.73. The van der Waals surface area contributed by atoms with Crippen LogP contribution in [0.2, 0.25) is 0 Å². The molecule has 2 aliphatic heterocycles. The van der Waals surface area contributed by atoms with E-state index in [1.165, 1.54) is 4.90 Å². The number of hydrogen-bond acceptors (Lipinski definition) is 6. The molecule has 2 heterocycles. The highest BCUT2D eigenvalue weighted by Gasteiger charge is 2.54. The Kier molecular flexibility index (Phi) is 8.50. The SMILES string of the molecule is NC(=O)C1(O)CCCCN1C(=O)[C@@H](Cc1ccccc1)[C@@](N)(Cc1ccccc1)C(=O)N1CCCCC1O. The zero-order chi connectivity index (χ0) is 27.3. The molecule has 2 aromatic rings. The molecule has 0 spiro atoms. The molecule has 4 rings (SSSR count). The standard InChI is InChI=1S/C29H38N4O5/c30-26(36)29(38)16-8-10-18-33(29)25(35)23(19-21-11-3-1-4-12-21)28(31,20-22-13-5-2-6-14-22)27(37)32-17-9-7-15-24(32)34/h1-6,11-14,23-24,34,38H,7-10,15-20,31H2,(H2,30,36)/t23-,24?,28+,29?/m1/s1. The number of aliphatic hydroxyl groups excluding tert-OH is 1. The van der Waals surface area contributed by atoms with Crippen molar-refractivity contribution in [3.8, 4) is 0 Å². The van der Waals surface area contributed by atoms with Crippen molar-refractivity contribution in [2.45, 2.75) is 68.9 Å². The fraction of sp³-hybridized carbons (Fsp3) is 0.483. The van der Waals surface area contributed by atoms with Crippen LogP contribution in [0.25, 0.3) is 0 Å². The topological polar surface area (TPSA) is 150 Å². The first-order valence-corrected chi connectivity index (χ1v) is 13.4. The van der Waals surface area contributed by atoms with Gasteiger partial charge in [0, 0.05) is 25.9 Å². The Balaban J connectivity index is 1.82. The van der Waals surface area contributed by atoms with Gasteiger partial charge in [0.05, 0.1) is 5.92 Å². The van der Waals surface area contributed by atoms with Crippen LogP contribution in [0.3, 0.4) is 0 Å². The molecule has 204 valence electrons. The third-order valence-corrected chi connectivity index (χ3v) is 7.94. The van der Waals surface area contributed by atoms with E-state index in [1.807, 2.05) is 60.7 Å². The van der Waals surface area contributed by atoms with E-state index in [-0.39, 0.29) is 25.8 Å². The maximum absolute atomic E-state index is 14.4. The number of aliphatic hydroxyl groups is 2. The van der Waals surface area contributed by atoms with E-state index in [4.69, 9.17) is 11.5 Å². The van der Waals surface area contributed by atoms with Crippen LogP contribution in [0, 0.1) is 5.92 Å². The number of likely N-dealkylation sites (tertiary alicyclic amines) is 2. The second kappa shape index (κ2) is 11.6. The number of piperidine rings is 2. The highest BCUT2D eigenvalue weighted by molar-refractivity contribution is 5.96. The maximum atomic E-state index is 14.4. The predicted molar refractivity (Wildman–Crippen MR) is 142 cm³/mol. The molecule has 9 nitrogen and oxygen atoms in total. The minimum absolute atomic E-state index is 0.0151. The Morgan fingerprint density at radius 2 is 1.55 bits per heavy atom. The smallest absolute Gasteiger partial charge is 0.270 e. The fourth-order valence-corrected chi connectivity index (χ4v) is 5.74. The van der Waals surface area contributed by atoms with E-state index in [1.54, 1.807) is 0 Å². The van der Waals surface area contributed by atoms with Gasteiger partial charge in [-0.1, -0.05) is 60.7 Å². The maximum Gasteiger partial charge on any atom is 0.270 e. The first-order valence-electron chi connectivity index (χ1n) is 13.4. The zero-order valence-electron chi connectivity index (χ0n) is 21.7. The lowest BCUT2D eigenvalue weighted by molar-refractivity contribution is -0.184. The summed E-state index contributed by atoms with van der Waals surface area (Å²) in [5.74, 6) is -3.28. The normalized spacial score (nSPS) is 24.3. The van der Waals surface area contributed by atoms with E-state index in [9.17, 15) is 24.6 Å². The summed E-state index contributed by atoms with van der Waals surface area (Å²) >= 11 is 0. The zero-order valence-corrected chi connectivity index (χ0v) is 21.7. The van der Waals surface area contributed by atoms with Gasteiger partial charge in [0.15, 0.2) is 0 Å². The van der Waals surface area contributed by atoms with Gasteiger partial charge < -0.3 is 31.5 Å². The first kappa shape index (κ1) is 27.8. The van der Waals surface area contributed by atoms with Crippen LogP contribution in [0.5, 0.6) is 0 Å². The van der Waals surface area contributed by atoms with Gasteiger partial charge >= 0.3 is 0 Å². The average Bonchev–Trinajstić information content (AvgIpc) is 2.92. The Morgan fingerprint density at radius 1 is 0.947 bits per heavy atom. The molecule has 9 heteroatoms. The Hall–Kier alpha value is -3.27. The van der Waals surface area contributed by atoms with Crippen molar-refractivity contribution >= 4 is 17.7 Å². The summed E-state index contributed by atoms with van der Waals surface area (Å²) in [6, 6.07) is 18.4. The number of carbonyl (C=O) groups excluding carboxylic acids is 3. The highest BCUT2D eigenvalue weighted by atomic mass is 16.3. The molecule has 2 unspecified atom stereocenters. The minimum atomic E-state index is -2.16. The highest BCUT2D eigenvalue weighted by Crippen LogP contribution is 2.34. The van der Waals surface area contributed by atoms with Crippen LogP contribution in [0.4, 0.5) is 0 Å². The number of hydrogen-bond donors (Lipinski definition) is 4. The number of primary amides is 1. The predicted octanol–water partition coefficient (Wildman–Crippen LogP) is 1.30. The number of rotatable bonds is 8. The second-order valence-corrected chi connectivity index (χ2v) is 10.5. The Bertz CT molecular complexity index is 1130. The lowest BCUT2D eigenvalue weighted by Gasteiger charge is -2.47. The summed E-state index contributed by atoms with van der Waals surface area (Å²) in [6.07, 6.45) is 2.19. The van der Waals surface area contributed by atoms with Gasteiger partial charge in [-0.25, -0.2) is 0 Å². The summed E-state index contributed by atoms with van der Waals surface area (Å²) in [4.78, 5) is 43.5. The molecule has 0 saturated carbocycles. The van der Waals surface area contributed by atoms with Crippen LogP contribution in [0.15, 0.2) is 60.7 Å². The minimum Gasteiger partial charge on any atom is -0.374 e. The van der Waals surface area contributed by atoms with E-state index in [0.29, 0.717) is 25.8 Å². The first-order chi connectivity index (χ1) is 18.2. The van der Waals surface area contributed by atoms with Crippen molar-refractivity contribution in [3.05, 3.63) is 71.8 Å². The third-order valence-electron chi connectivity index (χ3n) is 7.94. The molecule has 0 radical (unpaired) electrons. The molecule has 0 aromatic heterocycles. The Morgan fingerprint density at radius 3 is 2.16 bits per heavy atom. The van der Waals surface area contributed by atoms with Gasteiger partial charge in [-0.15, -0.1) is 0 Å². The van der Waals surface area contributed by atoms with Gasteiger partial charge in [0.1, 0.15) is 11.8 Å². The molecule has 4 atom stereocenters. The van der Waals surface area contributed by atoms with Crippen molar-refractivity contribution in [2.75, 3.05) is 13.1 Å². The van der Waals surface area contributed by atoms with Crippen LogP contribution in [-0.4, -0.2) is 68.3 Å². The fourth-order valence-electron chi connectivity index (χ4n) is 5.74. The molecule has 2 fully saturated rings. The molecular weight excluding hydrogens is 484 g/mol. The van der Waals surface area contributed by atoms with E-state index in [2.05, 4.69) is 0 Å². The summed E-state index contributed by atoms with van der Waals surface area (Å²) in [6.45, 7) is 0.445. The van der Waals surface area contributed by atoms with Gasteiger partial charge in [-0.2, -0.15) is 0 Å². The van der Waals surface area contributed by atoms with Crippen molar-refractivity contribution in [3.63, 3.8) is 0 Å². The largest absolute Gasteiger partial charge is 0.374 e. The van der Waals surface area contributed by atoms with Crippen LogP contribution >= 0.6 is 0 Å². The number of nitrogens with zero attached hydrogens (tertiary/aromatic N) is 2. The number of nitrogens with two attached hydrogens (primary N) is 2. The van der Waals surface area contributed by atoms with E-state index < -0.39 is 41.1 Å². The molecule has 2 aliphatic rings. The molecule has 6 N–H and O–H groups in total. The van der Waals surface area contributed by atoms with Gasteiger partial charge in [0.25, 0.3) is 5.91 Å². The Labute approximate surface area is 223 Å². The monoisotopic (exact) mass is 522 g/mol. The second-order valence-electron chi connectivity index (χ2n) is 10.5. The van der Waals surface area contributed by atoms with Crippen molar-refractivity contribution in [1.29, 1.82) is 0 Å². The molecular formula is C29H38N4O5. The lowest BCUT2D eigenvalue weighted by Crippen LogP contribution is -2.70. The van der Waals surface area contributed by atoms with Crippen molar-refractivity contribution < 1.29 is 24.6 Å². The molecule has 0 aliphatic carbocycles. The van der Waals surface area contributed by atoms with Crippen molar-refractivity contribution in [2.24, 2.45) is 17.4 Å². The van der Waals surface area contributed by atoms with Crippen LogP contribution in [0.1, 0.15) is 49.7 Å². The summed E-state index contributed by atoms with van der Waals surface area (Å²) in [5, 5.41) is 22.0. The quantitative estimate of drug-likeness (QED) is 0.410. The van der Waals surface area contributed by atoms with Gasteiger partial charge in [0.2, 0.25) is 17.5 Å². The number of carbonyl (C=O) groups is 3. The van der Waals surface area contributed by atoms with Gasteiger partial charge in [-0.05, 0) is 49.7 Å². The number of benzene rings is 2. The number of amides is 3. The summed E-state index contributed by atoms with van der Waals surface area (Å²) < 4.78 is 0. The van der Waals surface area contributed by atoms with Crippen LogP contribution < -0.4 is 11.5 Å². The van der Waals surface area contributed by atoms with Crippen LogP contribution in [-0.2, 0) is 27.2 Å². The van der Waals surface area contributed by atoms with E-state index in [0.717, 1.165) is 28.9 Å². The molecule has 2 saturated heterocycles.